The molecule has 1 heterocycles. The van der Waals surface area contributed by atoms with Crippen molar-refractivity contribution >= 4 is 11.7 Å². The first-order valence-electron chi connectivity index (χ1n) is 13.1. The number of fused-ring (bicyclic) bond motifs is 1. The molecular formula is C33H32N2O4. The minimum atomic E-state index is -0.430. The van der Waals surface area contributed by atoms with Gasteiger partial charge in [-0.1, -0.05) is 74.5 Å². The maximum Gasteiger partial charge on any atom is 0.268 e. The molecule has 0 spiro atoms. The van der Waals surface area contributed by atoms with Crippen LogP contribution >= 0.6 is 0 Å². The van der Waals surface area contributed by atoms with Gasteiger partial charge in [-0.3, -0.25) is 19.0 Å². The lowest BCUT2D eigenvalue weighted by Gasteiger charge is -2.32. The van der Waals surface area contributed by atoms with Crippen LogP contribution in [-0.2, 0) is 19.5 Å². The number of aromatic nitrogens is 1. The van der Waals surface area contributed by atoms with E-state index in [0.29, 0.717) is 48.6 Å². The van der Waals surface area contributed by atoms with Crippen molar-refractivity contribution in [1.29, 1.82) is 0 Å². The Labute approximate surface area is 228 Å². The average Bonchev–Trinajstić information content (AvgIpc) is 2.93. The molecule has 0 aliphatic heterocycles. The van der Waals surface area contributed by atoms with E-state index in [1.165, 1.54) is 6.07 Å². The highest BCUT2D eigenvalue weighted by molar-refractivity contribution is 6.02. The largest absolute Gasteiger partial charge is 0.497 e. The zero-order valence-corrected chi connectivity index (χ0v) is 22.5. The van der Waals surface area contributed by atoms with Crippen molar-refractivity contribution in [2.75, 3.05) is 7.11 Å². The van der Waals surface area contributed by atoms with Crippen LogP contribution in [0.15, 0.2) is 95.8 Å². The van der Waals surface area contributed by atoms with Gasteiger partial charge in [0.05, 0.1) is 7.11 Å². The minimum absolute atomic E-state index is 0.00973. The lowest BCUT2D eigenvalue weighted by molar-refractivity contribution is 0.0727. The number of hydrogen-bond donors (Lipinski definition) is 0. The Kier molecular flexibility index (Phi) is 7.20. The van der Waals surface area contributed by atoms with E-state index in [4.69, 9.17) is 4.74 Å². The fraction of sp³-hybridized carbons (Fsp3) is 0.242. The van der Waals surface area contributed by atoms with Crippen molar-refractivity contribution in [1.82, 2.24) is 9.47 Å². The molecule has 0 saturated carbocycles. The van der Waals surface area contributed by atoms with Crippen LogP contribution < -0.4 is 10.3 Å². The second kappa shape index (κ2) is 10.7. The van der Waals surface area contributed by atoms with Gasteiger partial charge in [0.15, 0.2) is 5.78 Å². The van der Waals surface area contributed by atoms with E-state index in [-0.39, 0.29) is 16.8 Å². The monoisotopic (exact) mass is 520 g/mol. The summed E-state index contributed by atoms with van der Waals surface area (Å²) in [4.78, 5) is 43.3. The summed E-state index contributed by atoms with van der Waals surface area (Å²) in [6, 6.07) is 28.0. The number of ketones is 1. The maximum absolute atomic E-state index is 14.2. The second-order valence-electron chi connectivity index (χ2n) is 10.8. The molecular weight excluding hydrogens is 488 g/mol. The molecule has 4 aromatic rings. The summed E-state index contributed by atoms with van der Waals surface area (Å²) in [7, 11) is 1.58. The third kappa shape index (κ3) is 5.55. The number of pyridine rings is 1. The molecule has 6 heteroatoms. The lowest BCUT2D eigenvalue weighted by atomic mass is 9.75. The molecule has 0 bridgehead atoms. The molecule has 0 unspecified atom stereocenters. The Balaban J connectivity index is 1.66. The molecule has 6 nitrogen and oxygen atoms in total. The van der Waals surface area contributed by atoms with Gasteiger partial charge in [-0.2, -0.15) is 0 Å². The van der Waals surface area contributed by atoms with Crippen molar-refractivity contribution < 1.29 is 14.3 Å². The molecule has 1 aromatic heterocycles. The summed E-state index contributed by atoms with van der Waals surface area (Å²) < 4.78 is 6.85. The zero-order chi connectivity index (χ0) is 27.6. The normalized spacial score (nSPS) is 14.0. The van der Waals surface area contributed by atoms with E-state index in [2.05, 4.69) is 0 Å². The highest BCUT2D eigenvalue weighted by atomic mass is 16.5. The van der Waals surface area contributed by atoms with Gasteiger partial charge in [-0.15, -0.1) is 0 Å². The Bertz CT molecular complexity index is 1510. The van der Waals surface area contributed by atoms with Gasteiger partial charge in [0.25, 0.3) is 11.5 Å². The first-order valence-corrected chi connectivity index (χ1v) is 13.1. The number of carbonyl (C=O) groups is 2. The summed E-state index contributed by atoms with van der Waals surface area (Å²) in [5.41, 5.74) is 2.83. The van der Waals surface area contributed by atoms with Gasteiger partial charge >= 0.3 is 0 Å². The molecule has 198 valence electrons. The number of hydrogen-bond acceptors (Lipinski definition) is 4. The average molecular weight is 521 g/mol. The van der Waals surface area contributed by atoms with Crippen molar-refractivity contribution in [3.05, 3.63) is 129 Å². The quantitative estimate of drug-likeness (QED) is 0.307. The highest BCUT2D eigenvalue weighted by Gasteiger charge is 2.35. The van der Waals surface area contributed by atoms with Crippen molar-refractivity contribution in [2.24, 2.45) is 5.41 Å². The SMILES string of the molecule is COc1ccc(-n2c3c(cc(C(=O)N(Cc4ccccc4)Cc4ccccc4)c2=O)C(=O)CC(C)(C)C3)cc1. The zero-order valence-electron chi connectivity index (χ0n) is 22.5. The van der Waals surface area contributed by atoms with Crippen LogP contribution in [0.4, 0.5) is 0 Å². The van der Waals surface area contributed by atoms with Crippen LogP contribution in [0.3, 0.4) is 0 Å². The van der Waals surface area contributed by atoms with Crippen LogP contribution in [0.1, 0.15) is 57.8 Å². The summed E-state index contributed by atoms with van der Waals surface area (Å²) in [6.45, 7) is 4.71. The van der Waals surface area contributed by atoms with Crippen LogP contribution in [0.2, 0.25) is 0 Å². The molecule has 0 radical (unpaired) electrons. The number of amides is 1. The predicted molar refractivity (Wildman–Crippen MR) is 151 cm³/mol. The van der Waals surface area contributed by atoms with E-state index in [1.54, 1.807) is 40.8 Å². The third-order valence-electron chi connectivity index (χ3n) is 7.17. The van der Waals surface area contributed by atoms with E-state index >= 15 is 0 Å². The van der Waals surface area contributed by atoms with Gasteiger partial charge in [0, 0.05) is 36.5 Å². The van der Waals surface area contributed by atoms with Crippen molar-refractivity contribution in [3.63, 3.8) is 0 Å². The van der Waals surface area contributed by atoms with Crippen LogP contribution in [0, 0.1) is 5.41 Å². The Morgan fingerprint density at radius 1 is 0.846 bits per heavy atom. The number of Topliss-reactive ketones (excluding diaryl/α,β-unsaturated/α-hetero) is 1. The predicted octanol–water partition coefficient (Wildman–Crippen LogP) is 5.84. The molecule has 1 aliphatic carbocycles. The van der Waals surface area contributed by atoms with Crippen LogP contribution in [0.25, 0.3) is 5.69 Å². The van der Waals surface area contributed by atoms with E-state index in [1.807, 2.05) is 74.5 Å². The maximum atomic E-state index is 14.2. The lowest BCUT2D eigenvalue weighted by Crippen LogP contribution is -2.40. The number of methoxy groups -OCH3 is 1. The minimum Gasteiger partial charge on any atom is -0.497 e. The first-order chi connectivity index (χ1) is 18.8. The summed E-state index contributed by atoms with van der Waals surface area (Å²) >= 11 is 0. The number of nitrogens with zero attached hydrogens (tertiary/aromatic N) is 2. The smallest absolute Gasteiger partial charge is 0.268 e. The van der Waals surface area contributed by atoms with Crippen LogP contribution in [-0.4, -0.2) is 28.3 Å². The molecule has 3 aromatic carbocycles. The third-order valence-corrected chi connectivity index (χ3v) is 7.17. The molecule has 0 fully saturated rings. The van der Waals surface area contributed by atoms with Crippen LogP contribution in [0.5, 0.6) is 5.75 Å². The summed E-state index contributed by atoms with van der Waals surface area (Å²) in [5, 5.41) is 0. The number of carbonyl (C=O) groups excluding carboxylic acids is 2. The second-order valence-corrected chi connectivity index (χ2v) is 10.8. The van der Waals surface area contributed by atoms with Crippen molar-refractivity contribution in [3.8, 4) is 11.4 Å². The number of rotatable bonds is 7. The number of benzene rings is 3. The number of ether oxygens (including phenoxy) is 1. The highest BCUT2D eigenvalue weighted by Crippen LogP contribution is 2.35. The van der Waals surface area contributed by atoms with E-state index in [9.17, 15) is 14.4 Å². The van der Waals surface area contributed by atoms with Gasteiger partial charge < -0.3 is 9.64 Å². The molecule has 39 heavy (non-hydrogen) atoms. The topological polar surface area (TPSA) is 68.6 Å². The Morgan fingerprint density at radius 2 is 1.41 bits per heavy atom. The fourth-order valence-electron chi connectivity index (χ4n) is 5.25. The summed E-state index contributed by atoms with van der Waals surface area (Å²) in [6.07, 6.45) is 0.897. The molecule has 1 amide bonds. The molecule has 1 aliphatic rings. The van der Waals surface area contributed by atoms with Crippen molar-refractivity contribution in [2.45, 2.75) is 39.8 Å². The van der Waals surface area contributed by atoms with Gasteiger partial charge in [0.1, 0.15) is 11.3 Å². The molecule has 0 atom stereocenters. The van der Waals surface area contributed by atoms with E-state index in [0.717, 1.165) is 11.1 Å². The molecule has 5 rings (SSSR count). The molecule has 0 N–H and O–H groups in total. The van der Waals surface area contributed by atoms with E-state index < -0.39 is 11.5 Å². The Hall–Kier alpha value is -4.45. The standard InChI is InChI=1S/C33H32N2O4/c1-33(2)19-29-27(30(36)20-33)18-28(32(38)35(29)25-14-16-26(39-3)17-15-25)31(37)34(21-23-10-6-4-7-11-23)22-24-12-8-5-9-13-24/h4-18H,19-22H2,1-3H3. The van der Waals surface area contributed by atoms with Gasteiger partial charge in [-0.05, 0) is 53.3 Å². The van der Waals surface area contributed by atoms with Gasteiger partial charge in [0.2, 0.25) is 0 Å². The first kappa shape index (κ1) is 26.2. The Morgan fingerprint density at radius 3 is 1.95 bits per heavy atom. The summed E-state index contributed by atoms with van der Waals surface area (Å²) in [5.74, 6) is 0.187. The fourth-order valence-corrected chi connectivity index (χ4v) is 5.25. The van der Waals surface area contributed by atoms with Gasteiger partial charge in [-0.25, -0.2) is 0 Å². The molecule has 0 saturated heterocycles.